The predicted molar refractivity (Wildman–Crippen MR) is 106 cm³/mol. The molecule has 2 nitrogen and oxygen atoms in total. The standard InChI is InChI=1S/C15H19BN2S3.CH4/c1-6-3-8(17-5-6)4-9-10-7(2)13(19)14(20)11(16)12(10)18-15(9)21;/h6,8,17-21H,3-5H2,1-2H3;1H4. The van der Waals surface area contributed by atoms with Gasteiger partial charge < -0.3 is 10.3 Å². The molecule has 22 heavy (non-hydrogen) atoms. The number of aryl methyl sites for hydroxylation is 1. The first-order valence-electron chi connectivity index (χ1n) is 7.17. The lowest BCUT2D eigenvalue weighted by Crippen LogP contribution is -2.23. The summed E-state index contributed by atoms with van der Waals surface area (Å²) in [7, 11) is 6.19. The number of hydrogen-bond donors (Lipinski definition) is 5. The van der Waals surface area contributed by atoms with E-state index < -0.39 is 0 Å². The van der Waals surface area contributed by atoms with E-state index in [0.29, 0.717) is 11.5 Å². The molecule has 0 spiro atoms. The highest BCUT2D eigenvalue weighted by molar-refractivity contribution is 7.83. The van der Waals surface area contributed by atoms with E-state index in [0.717, 1.165) is 50.2 Å². The fraction of sp³-hybridized carbons (Fsp3) is 0.500. The Morgan fingerprint density at radius 3 is 2.50 bits per heavy atom. The summed E-state index contributed by atoms with van der Waals surface area (Å²) in [5.41, 5.74) is 3.93. The lowest BCUT2D eigenvalue weighted by Gasteiger charge is -2.14. The van der Waals surface area contributed by atoms with Crippen LogP contribution in [0.1, 0.15) is 31.9 Å². The Bertz CT molecular complexity index is 711. The summed E-state index contributed by atoms with van der Waals surface area (Å²) in [5, 5.41) is 5.63. The lowest BCUT2D eigenvalue weighted by atomic mass is 9.90. The van der Waals surface area contributed by atoms with Crippen LogP contribution in [0.4, 0.5) is 0 Å². The Kier molecular flexibility index (Phi) is 5.58. The van der Waals surface area contributed by atoms with E-state index in [9.17, 15) is 0 Å². The number of benzene rings is 1. The van der Waals surface area contributed by atoms with Crippen LogP contribution in [0.25, 0.3) is 10.9 Å². The van der Waals surface area contributed by atoms with Crippen molar-refractivity contribution in [2.24, 2.45) is 5.92 Å². The highest BCUT2D eigenvalue weighted by Gasteiger charge is 2.24. The largest absolute Gasteiger partial charge is 0.350 e. The van der Waals surface area contributed by atoms with Crippen LogP contribution in [-0.2, 0) is 6.42 Å². The molecule has 2 atom stereocenters. The molecule has 0 saturated carbocycles. The minimum Gasteiger partial charge on any atom is -0.350 e. The minimum absolute atomic E-state index is 0. The molecular weight excluding hydrogens is 327 g/mol. The van der Waals surface area contributed by atoms with Crippen molar-refractivity contribution in [2.75, 3.05) is 6.54 Å². The molecule has 1 saturated heterocycles. The molecule has 0 bridgehead atoms. The van der Waals surface area contributed by atoms with Crippen LogP contribution in [0.15, 0.2) is 14.8 Å². The third-order valence-electron chi connectivity index (χ3n) is 4.45. The van der Waals surface area contributed by atoms with Crippen LogP contribution in [0, 0.1) is 12.8 Å². The summed E-state index contributed by atoms with van der Waals surface area (Å²) in [6.07, 6.45) is 2.16. The van der Waals surface area contributed by atoms with Crippen molar-refractivity contribution in [2.45, 2.75) is 55.0 Å². The summed E-state index contributed by atoms with van der Waals surface area (Å²) in [6.45, 7) is 5.44. The quantitative estimate of drug-likeness (QED) is 0.417. The Morgan fingerprint density at radius 1 is 1.23 bits per heavy atom. The monoisotopic (exact) mass is 350 g/mol. The van der Waals surface area contributed by atoms with Crippen molar-refractivity contribution >= 4 is 62.1 Å². The van der Waals surface area contributed by atoms with E-state index in [1.807, 2.05) is 0 Å². The molecule has 6 heteroatoms. The zero-order valence-electron chi connectivity index (χ0n) is 12.2. The molecule has 2 radical (unpaired) electrons. The maximum atomic E-state index is 6.19. The SMILES string of the molecule is C.[B]c1c(S)c(S)c(C)c2c(CC3CC(C)CN3)c(S)[nH]c12. The zero-order chi connectivity index (χ0) is 15.3. The van der Waals surface area contributed by atoms with Crippen LogP contribution in [0.5, 0.6) is 0 Å². The molecule has 0 aliphatic carbocycles. The summed E-state index contributed by atoms with van der Waals surface area (Å²) in [5.74, 6) is 0.735. The van der Waals surface area contributed by atoms with E-state index in [1.54, 1.807) is 0 Å². The van der Waals surface area contributed by atoms with Gasteiger partial charge in [-0.2, -0.15) is 0 Å². The number of aromatic nitrogens is 1. The van der Waals surface area contributed by atoms with Gasteiger partial charge in [0, 0.05) is 26.7 Å². The predicted octanol–water partition coefficient (Wildman–Crippen LogP) is 3.31. The van der Waals surface area contributed by atoms with E-state index in [-0.39, 0.29) is 7.43 Å². The lowest BCUT2D eigenvalue weighted by molar-refractivity contribution is 0.579. The second kappa shape index (κ2) is 6.75. The topological polar surface area (TPSA) is 27.8 Å². The number of hydrogen-bond acceptors (Lipinski definition) is 4. The summed E-state index contributed by atoms with van der Waals surface area (Å²) >= 11 is 13.7. The van der Waals surface area contributed by atoms with Gasteiger partial charge in [0.2, 0.25) is 0 Å². The van der Waals surface area contributed by atoms with Gasteiger partial charge in [0.15, 0.2) is 0 Å². The molecule has 3 rings (SSSR count). The Morgan fingerprint density at radius 2 is 1.91 bits per heavy atom. The molecule has 2 aromatic rings. The Hall–Kier alpha value is -0.165. The molecule has 1 fully saturated rings. The number of rotatable bonds is 2. The average molecular weight is 350 g/mol. The van der Waals surface area contributed by atoms with Crippen molar-refractivity contribution in [1.29, 1.82) is 0 Å². The van der Waals surface area contributed by atoms with Crippen molar-refractivity contribution in [3.63, 3.8) is 0 Å². The van der Waals surface area contributed by atoms with E-state index in [2.05, 4.69) is 62.0 Å². The Labute approximate surface area is 150 Å². The number of H-pyrrole nitrogens is 1. The normalized spacial score (nSPS) is 21.3. The molecular formula is C16H23BN2S3. The Balaban J connectivity index is 0.00000176. The second-order valence-corrected chi connectivity index (χ2v) is 7.43. The van der Waals surface area contributed by atoms with Gasteiger partial charge in [-0.15, -0.1) is 37.9 Å². The number of fused-ring (bicyclic) bond motifs is 1. The maximum Gasteiger partial charge on any atom is 0.118 e. The molecule has 2 heterocycles. The third-order valence-corrected chi connectivity index (χ3v) is 6.03. The van der Waals surface area contributed by atoms with Crippen LogP contribution in [0.2, 0.25) is 0 Å². The highest BCUT2D eigenvalue weighted by Crippen LogP contribution is 2.34. The maximum absolute atomic E-state index is 6.19. The smallest absolute Gasteiger partial charge is 0.118 e. The van der Waals surface area contributed by atoms with E-state index >= 15 is 0 Å². The highest BCUT2D eigenvalue weighted by atomic mass is 32.1. The second-order valence-electron chi connectivity index (χ2n) is 6.09. The number of thiol groups is 3. The van der Waals surface area contributed by atoms with Gasteiger partial charge in [-0.05, 0) is 43.4 Å². The fourth-order valence-corrected chi connectivity index (χ4v) is 4.13. The van der Waals surface area contributed by atoms with Crippen LogP contribution < -0.4 is 10.8 Å². The summed E-state index contributed by atoms with van der Waals surface area (Å²) < 4.78 is 0. The first kappa shape index (κ1) is 18.2. The van der Waals surface area contributed by atoms with Gasteiger partial charge in [-0.3, -0.25) is 0 Å². The first-order valence-corrected chi connectivity index (χ1v) is 8.51. The number of nitrogens with one attached hydrogen (secondary N) is 2. The molecule has 118 valence electrons. The molecule has 2 N–H and O–H groups in total. The van der Waals surface area contributed by atoms with Crippen LogP contribution in [0.3, 0.4) is 0 Å². The van der Waals surface area contributed by atoms with E-state index in [4.69, 9.17) is 7.85 Å². The van der Waals surface area contributed by atoms with Crippen LogP contribution >= 0.6 is 37.9 Å². The van der Waals surface area contributed by atoms with Gasteiger partial charge >= 0.3 is 0 Å². The molecule has 2 unspecified atom stereocenters. The van der Waals surface area contributed by atoms with Crippen molar-refractivity contribution < 1.29 is 0 Å². The van der Waals surface area contributed by atoms with Crippen molar-refractivity contribution in [3.05, 3.63) is 11.1 Å². The van der Waals surface area contributed by atoms with Gasteiger partial charge in [-0.25, -0.2) is 0 Å². The number of aromatic amines is 1. The molecule has 0 amide bonds. The summed E-state index contributed by atoms with van der Waals surface area (Å²) in [6, 6.07) is 0.504. The molecule has 1 aromatic heterocycles. The molecule has 1 aromatic carbocycles. The fourth-order valence-electron chi connectivity index (χ4n) is 3.30. The van der Waals surface area contributed by atoms with Crippen LogP contribution in [-0.4, -0.2) is 25.4 Å². The molecule has 1 aliphatic rings. The average Bonchev–Trinajstić information content (AvgIpc) is 2.99. The first-order chi connectivity index (χ1) is 9.90. The third kappa shape index (κ3) is 2.95. The van der Waals surface area contributed by atoms with E-state index in [1.165, 1.54) is 12.0 Å². The van der Waals surface area contributed by atoms with Gasteiger partial charge in [0.1, 0.15) is 7.85 Å². The molecule has 1 aliphatic heterocycles. The van der Waals surface area contributed by atoms with Crippen molar-refractivity contribution in [1.82, 2.24) is 10.3 Å². The zero-order valence-corrected chi connectivity index (χ0v) is 14.9. The van der Waals surface area contributed by atoms with Gasteiger partial charge in [0.25, 0.3) is 0 Å². The van der Waals surface area contributed by atoms with Gasteiger partial charge in [-0.1, -0.05) is 19.8 Å². The van der Waals surface area contributed by atoms with Crippen molar-refractivity contribution in [3.8, 4) is 0 Å². The minimum atomic E-state index is 0. The van der Waals surface area contributed by atoms with Gasteiger partial charge in [0.05, 0.1) is 5.03 Å². The summed E-state index contributed by atoms with van der Waals surface area (Å²) in [4.78, 5) is 4.90.